The van der Waals surface area contributed by atoms with E-state index in [1.54, 1.807) is 0 Å². The van der Waals surface area contributed by atoms with Gasteiger partial charge in [0.05, 0.1) is 16.9 Å². The average molecular weight is 401 g/mol. The van der Waals surface area contributed by atoms with Crippen molar-refractivity contribution < 1.29 is 30.4 Å². The van der Waals surface area contributed by atoms with Gasteiger partial charge < -0.3 is 4.42 Å². The highest BCUT2D eigenvalue weighted by atomic mass is 32.2. The first-order chi connectivity index (χ1) is 12.5. The summed E-state index contributed by atoms with van der Waals surface area (Å²) < 4.78 is 80.9. The van der Waals surface area contributed by atoms with Crippen LogP contribution in [-0.2, 0) is 16.0 Å². The number of alkyl halides is 3. The van der Waals surface area contributed by atoms with Gasteiger partial charge in [0.2, 0.25) is 0 Å². The van der Waals surface area contributed by atoms with E-state index in [-0.39, 0.29) is 16.9 Å². The van der Waals surface area contributed by atoms with Crippen LogP contribution in [0.4, 0.5) is 17.6 Å². The largest absolute Gasteiger partial charge is 0.424 e. The summed E-state index contributed by atoms with van der Waals surface area (Å²) in [5, 5.41) is 0. The molecule has 0 saturated heterocycles. The van der Waals surface area contributed by atoms with Gasteiger partial charge in [0.1, 0.15) is 17.0 Å². The summed E-state index contributed by atoms with van der Waals surface area (Å²) in [6.45, 7) is 0. The number of hydrogen-bond acceptors (Lipinski definition) is 4. The highest BCUT2D eigenvalue weighted by Gasteiger charge is 2.30. The van der Waals surface area contributed by atoms with Crippen molar-refractivity contribution in [2.75, 3.05) is 6.26 Å². The fraction of sp³-hybridized carbons (Fsp3) is 0.118. The van der Waals surface area contributed by atoms with E-state index in [2.05, 4.69) is 0 Å². The number of oxazole rings is 1. The normalized spacial score (nSPS) is 12.3. The first-order valence-electron chi connectivity index (χ1n) is 7.36. The number of halogens is 4. The third-order valence-electron chi connectivity index (χ3n) is 3.77. The molecule has 0 amide bonds. The lowest BCUT2D eigenvalue weighted by Crippen LogP contribution is -2.14. The standard InChI is InChI=1S/C17H11F4NO4S/c1-27(24,25)15-7-2-10(8-13(15)18)14-9-26-16(23)22(14)12-5-3-11(4-6-12)17(19,20)21/h2-9H,1H3. The zero-order chi connectivity index (χ0) is 20.0. The predicted octanol–water partition coefficient (Wildman–Crippen LogP) is 3.66. The van der Waals surface area contributed by atoms with E-state index >= 15 is 0 Å². The van der Waals surface area contributed by atoms with Crippen molar-refractivity contribution in [3.63, 3.8) is 0 Å². The topological polar surface area (TPSA) is 69.3 Å². The smallest absolute Gasteiger partial charge is 0.415 e. The quantitative estimate of drug-likeness (QED) is 0.628. The van der Waals surface area contributed by atoms with Gasteiger partial charge in [0, 0.05) is 11.8 Å². The Kier molecular flexibility index (Phi) is 4.46. The van der Waals surface area contributed by atoms with Crippen LogP contribution in [0, 0.1) is 5.82 Å². The predicted molar refractivity (Wildman–Crippen MR) is 87.8 cm³/mol. The van der Waals surface area contributed by atoms with Gasteiger partial charge in [-0.05, 0) is 36.4 Å². The Morgan fingerprint density at radius 1 is 1.04 bits per heavy atom. The minimum atomic E-state index is -4.53. The van der Waals surface area contributed by atoms with Crippen molar-refractivity contribution in [1.29, 1.82) is 0 Å². The molecule has 1 aromatic heterocycles. The molecule has 0 saturated carbocycles. The molecule has 0 aliphatic rings. The van der Waals surface area contributed by atoms with Crippen LogP contribution in [0.1, 0.15) is 5.56 Å². The van der Waals surface area contributed by atoms with Gasteiger partial charge >= 0.3 is 11.9 Å². The number of sulfone groups is 1. The second kappa shape index (κ2) is 6.38. The van der Waals surface area contributed by atoms with Gasteiger partial charge in [0.25, 0.3) is 0 Å². The zero-order valence-electron chi connectivity index (χ0n) is 13.6. The first kappa shape index (κ1) is 18.9. The molecule has 0 spiro atoms. The summed E-state index contributed by atoms with van der Waals surface area (Å²) in [7, 11) is -3.78. The van der Waals surface area contributed by atoms with Gasteiger partial charge in [-0.25, -0.2) is 22.2 Å². The Morgan fingerprint density at radius 3 is 2.19 bits per heavy atom. The molecular weight excluding hydrogens is 390 g/mol. The number of benzene rings is 2. The van der Waals surface area contributed by atoms with Crippen LogP contribution in [0.25, 0.3) is 16.9 Å². The fourth-order valence-corrected chi connectivity index (χ4v) is 3.24. The van der Waals surface area contributed by atoms with E-state index in [1.807, 2.05) is 0 Å². The van der Waals surface area contributed by atoms with Crippen LogP contribution in [0.3, 0.4) is 0 Å². The molecule has 0 aliphatic heterocycles. The van der Waals surface area contributed by atoms with Crippen LogP contribution in [-0.4, -0.2) is 19.2 Å². The highest BCUT2D eigenvalue weighted by molar-refractivity contribution is 7.90. The van der Waals surface area contributed by atoms with Crippen LogP contribution < -0.4 is 5.76 Å². The molecule has 27 heavy (non-hydrogen) atoms. The highest BCUT2D eigenvalue weighted by Crippen LogP contribution is 2.30. The second-order valence-electron chi connectivity index (χ2n) is 5.68. The van der Waals surface area contributed by atoms with Crippen molar-refractivity contribution >= 4 is 9.84 Å². The third kappa shape index (κ3) is 3.65. The van der Waals surface area contributed by atoms with E-state index in [0.29, 0.717) is 0 Å². The summed E-state index contributed by atoms with van der Waals surface area (Å²) in [6, 6.07) is 6.95. The van der Waals surface area contributed by atoms with Gasteiger partial charge in [-0.1, -0.05) is 6.07 Å². The average Bonchev–Trinajstić information content (AvgIpc) is 2.94. The van der Waals surface area contributed by atoms with E-state index < -0.39 is 38.0 Å². The van der Waals surface area contributed by atoms with Gasteiger partial charge in [-0.2, -0.15) is 13.2 Å². The summed E-state index contributed by atoms with van der Waals surface area (Å²) in [6.07, 6.45) is -2.68. The summed E-state index contributed by atoms with van der Waals surface area (Å²) in [5.41, 5.74) is -0.651. The van der Waals surface area contributed by atoms with Crippen LogP contribution in [0.2, 0.25) is 0 Å². The van der Waals surface area contributed by atoms with Crippen LogP contribution in [0.5, 0.6) is 0 Å². The van der Waals surface area contributed by atoms with Crippen molar-refractivity contribution in [3.05, 3.63) is 70.7 Å². The number of aromatic nitrogens is 1. The maximum absolute atomic E-state index is 14.1. The minimum Gasteiger partial charge on any atom is -0.415 e. The lowest BCUT2D eigenvalue weighted by Gasteiger charge is -2.10. The number of rotatable bonds is 3. The van der Waals surface area contributed by atoms with Gasteiger partial charge in [0.15, 0.2) is 9.84 Å². The molecule has 5 nitrogen and oxygen atoms in total. The molecule has 3 rings (SSSR count). The molecule has 2 aromatic carbocycles. The Hall–Kier alpha value is -2.88. The number of nitrogens with zero attached hydrogens (tertiary/aromatic N) is 1. The SMILES string of the molecule is CS(=O)(=O)c1ccc(-c2coc(=O)n2-c2ccc(C(F)(F)F)cc2)cc1F. The monoisotopic (exact) mass is 401 g/mol. The molecule has 0 unspecified atom stereocenters. The molecule has 0 N–H and O–H groups in total. The van der Waals surface area contributed by atoms with E-state index in [1.165, 1.54) is 6.07 Å². The van der Waals surface area contributed by atoms with Gasteiger partial charge in [-0.3, -0.25) is 0 Å². The molecule has 1 heterocycles. The molecule has 0 radical (unpaired) electrons. The molecule has 3 aromatic rings. The molecule has 0 bridgehead atoms. The van der Waals surface area contributed by atoms with Crippen molar-refractivity contribution in [2.24, 2.45) is 0 Å². The maximum atomic E-state index is 14.1. The molecule has 10 heteroatoms. The molecule has 0 fully saturated rings. The second-order valence-corrected chi connectivity index (χ2v) is 7.67. The van der Waals surface area contributed by atoms with E-state index in [9.17, 15) is 30.8 Å². The van der Waals surface area contributed by atoms with Crippen molar-refractivity contribution in [2.45, 2.75) is 11.1 Å². The third-order valence-corrected chi connectivity index (χ3v) is 4.90. The lowest BCUT2D eigenvalue weighted by molar-refractivity contribution is -0.137. The van der Waals surface area contributed by atoms with E-state index in [0.717, 1.165) is 53.5 Å². The zero-order valence-corrected chi connectivity index (χ0v) is 14.4. The number of hydrogen-bond donors (Lipinski definition) is 0. The lowest BCUT2D eigenvalue weighted by atomic mass is 10.1. The molecule has 0 aliphatic carbocycles. The van der Waals surface area contributed by atoms with E-state index in [4.69, 9.17) is 4.42 Å². The van der Waals surface area contributed by atoms with Crippen LogP contribution in [0.15, 0.2) is 62.8 Å². The summed E-state index contributed by atoms with van der Waals surface area (Å²) in [5.74, 6) is -1.92. The van der Waals surface area contributed by atoms with Gasteiger partial charge in [-0.15, -0.1) is 0 Å². The summed E-state index contributed by atoms with van der Waals surface area (Å²) >= 11 is 0. The Bertz CT molecular complexity index is 1160. The van der Waals surface area contributed by atoms with Crippen LogP contribution >= 0.6 is 0 Å². The minimum absolute atomic E-state index is 0.0544. The fourth-order valence-electron chi connectivity index (χ4n) is 2.51. The molecule has 0 atom stereocenters. The van der Waals surface area contributed by atoms with Crippen molar-refractivity contribution in [1.82, 2.24) is 4.57 Å². The summed E-state index contributed by atoms with van der Waals surface area (Å²) in [4.78, 5) is 11.5. The molecule has 142 valence electrons. The Labute approximate surface area is 150 Å². The first-order valence-corrected chi connectivity index (χ1v) is 9.26. The molecular formula is C17H11F4NO4S. The van der Waals surface area contributed by atoms with Crippen molar-refractivity contribution in [3.8, 4) is 16.9 Å². The maximum Gasteiger partial charge on any atom is 0.424 e. The Morgan fingerprint density at radius 2 is 1.67 bits per heavy atom. The Balaban J connectivity index is 2.11.